The number of hydrogen-bond acceptors (Lipinski definition) is 12. The van der Waals surface area contributed by atoms with Crippen LogP contribution in [-0.2, 0) is 50.7 Å². The van der Waals surface area contributed by atoms with Crippen LogP contribution < -0.4 is 9.80 Å². The molecule has 0 saturated carbocycles. The molecule has 0 aliphatic carbocycles. The van der Waals surface area contributed by atoms with Gasteiger partial charge in [-0.05, 0) is 122 Å². The summed E-state index contributed by atoms with van der Waals surface area (Å²) in [5.74, 6) is 1.25. The Balaban J connectivity index is 0.949. The van der Waals surface area contributed by atoms with E-state index >= 15 is 0 Å². The van der Waals surface area contributed by atoms with E-state index in [4.69, 9.17) is 48.1 Å². The number of nitrogens with one attached hydrogen (secondary N) is 1. The van der Waals surface area contributed by atoms with Crippen molar-refractivity contribution in [2.24, 2.45) is 0 Å². The molecule has 0 amide bonds. The van der Waals surface area contributed by atoms with Gasteiger partial charge >= 0.3 is 0 Å². The van der Waals surface area contributed by atoms with Gasteiger partial charge in [-0.2, -0.15) is 0 Å². The number of H-pyrrole nitrogens is 1. The summed E-state index contributed by atoms with van der Waals surface area (Å²) in [6.45, 7) is 12.1. The second-order valence-electron chi connectivity index (χ2n) is 21.1. The Morgan fingerprint density at radius 3 is 1.15 bits per heavy atom. The summed E-state index contributed by atoms with van der Waals surface area (Å²) in [5.41, 5.74) is 8.95. The van der Waals surface area contributed by atoms with E-state index in [9.17, 15) is 0 Å². The molecule has 9 rings (SSSR count). The summed E-state index contributed by atoms with van der Waals surface area (Å²) >= 11 is 0. The number of benzene rings is 4. The fourth-order valence-electron chi connectivity index (χ4n) is 9.69. The van der Waals surface area contributed by atoms with Gasteiger partial charge in [0.2, 0.25) is 11.9 Å². The molecule has 0 radical (unpaired) electrons. The second-order valence-corrected chi connectivity index (χ2v) is 21.1. The first-order chi connectivity index (χ1) is 37.1. The van der Waals surface area contributed by atoms with Crippen LogP contribution in [0, 0.1) is 0 Å². The number of aromatic nitrogens is 3. The lowest BCUT2D eigenvalue weighted by Gasteiger charge is -2.25. The third kappa shape index (κ3) is 18.5. The molecule has 5 aromatic rings. The Morgan fingerprint density at radius 1 is 0.440 bits per heavy atom. The first-order valence-corrected chi connectivity index (χ1v) is 28.9. The van der Waals surface area contributed by atoms with Crippen molar-refractivity contribution in [2.45, 2.75) is 166 Å². The van der Waals surface area contributed by atoms with Crippen molar-refractivity contribution in [1.29, 1.82) is 0 Å². The van der Waals surface area contributed by atoms with Gasteiger partial charge in [-0.15, -0.1) is 10.2 Å². The lowest BCUT2D eigenvalue weighted by Crippen LogP contribution is -2.14. The molecule has 75 heavy (non-hydrogen) atoms. The van der Waals surface area contributed by atoms with E-state index in [1.54, 1.807) is 0 Å². The van der Waals surface area contributed by atoms with Crippen molar-refractivity contribution in [1.82, 2.24) is 15.2 Å². The predicted molar refractivity (Wildman–Crippen MR) is 296 cm³/mol. The van der Waals surface area contributed by atoms with Crippen LogP contribution in [-0.4, -0.2) is 106 Å². The summed E-state index contributed by atoms with van der Waals surface area (Å²) in [5, 5.41) is 9.89. The van der Waals surface area contributed by atoms with Gasteiger partial charge in [0.1, 0.15) is 24.4 Å². The Kier molecular flexibility index (Phi) is 21.8. The van der Waals surface area contributed by atoms with E-state index in [1.165, 1.54) is 73.6 Å². The zero-order valence-electron chi connectivity index (χ0n) is 45.1. The minimum Gasteiger partial charge on any atom is -0.379 e. The summed E-state index contributed by atoms with van der Waals surface area (Å²) in [7, 11) is 0. The van der Waals surface area contributed by atoms with Crippen LogP contribution in [0.2, 0.25) is 0 Å². The smallest absolute Gasteiger partial charge is 0.235 e. The molecule has 1 aromatic heterocycles. The molecule has 6 atom stereocenters. The normalized spacial score (nSPS) is 19.2. The Morgan fingerprint density at radius 2 is 0.787 bits per heavy atom. The van der Waals surface area contributed by atoms with Gasteiger partial charge in [0, 0.05) is 36.0 Å². The fourth-order valence-corrected chi connectivity index (χ4v) is 9.69. The van der Waals surface area contributed by atoms with Gasteiger partial charge in [-0.25, -0.2) is 0 Å². The molecule has 6 unspecified atom stereocenters. The molecule has 4 aliphatic heterocycles. The van der Waals surface area contributed by atoms with Crippen molar-refractivity contribution >= 4 is 34.6 Å². The third-order valence-corrected chi connectivity index (χ3v) is 14.7. The molecule has 4 aromatic carbocycles. The van der Waals surface area contributed by atoms with Gasteiger partial charge in [0.05, 0.1) is 65.1 Å². The van der Waals surface area contributed by atoms with E-state index in [1.807, 2.05) is 0 Å². The Hall–Kier alpha value is -4.70. The molecule has 13 heteroatoms. The van der Waals surface area contributed by atoms with Crippen molar-refractivity contribution in [3.63, 3.8) is 0 Å². The SMILES string of the molecule is CCCCCC(OCC1CO1)c1ccc(N(c2ccc(CCCCCCOCC3CO3)cc2)c2nnc(N(c3ccc(CCCCCCOCC4CO4)cc3)c3ccc(C(CCCCC)OCC4CO4)cc3)[nH]2)cc1. The fraction of sp³-hybridized carbons (Fsp3) is 0.581. The standard InChI is InChI=1S/C62H85N5O8/c1-3-5-11-19-59(74-45-57-43-72-57)49-25-33-53(34-26-49)66(51-29-21-47(22-30-51)17-13-7-9-15-37-68-39-55-41-70-55)61-63-62(65-64-61)67(52-31-23-48(24-32-52)18-14-8-10-16-38-69-40-56-42-71-56)54-35-27-50(28-36-54)60(20-12-6-4-2)75-46-58-44-73-58/h21-36,55-60H,3-20,37-46H2,1-2H3,(H,63,64,65). The highest BCUT2D eigenvalue weighted by atomic mass is 16.6. The van der Waals surface area contributed by atoms with E-state index in [-0.39, 0.29) is 24.4 Å². The third-order valence-electron chi connectivity index (χ3n) is 14.7. The molecular formula is C62H85N5O8. The molecule has 1 N–H and O–H groups in total. The van der Waals surface area contributed by atoms with E-state index in [0.29, 0.717) is 37.3 Å². The lowest BCUT2D eigenvalue weighted by atomic mass is 10.0. The first kappa shape index (κ1) is 55.1. The summed E-state index contributed by atoms with van der Waals surface area (Å²) in [6, 6.07) is 35.6. The van der Waals surface area contributed by atoms with Crippen LogP contribution in [0.1, 0.15) is 151 Å². The zero-order chi connectivity index (χ0) is 51.3. The van der Waals surface area contributed by atoms with E-state index in [2.05, 4.69) is 126 Å². The van der Waals surface area contributed by atoms with Crippen molar-refractivity contribution in [3.8, 4) is 0 Å². The van der Waals surface area contributed by atoms with Crippen molar-refractivity contribution < 1.29 is 37.9 Å². The van der Waals surface area contributed by atoms with Crippen LogP contribution >= 0.6 is 0 Å². The van der Waals surface area contributed by atoms with Crippen molar-refractivity contribution in [3.05, 3.63) is 119 Å². The van der Waals surface area contributed by atoms with Gasteiger partial charge in [0.15, 0.2) is 0 Å². The van der Waals surface area contributed by atoms with Crippen LogP contribution in [0.15, 0.2) is 97.1 Å². The average molecular weight is 1030 g/mol. The minimum atomic E-state index is 0.0126. The maximum Gasteiger partial charge on any atom is 0.235 e. The second kappa shape index (κ2) is 29.7. The van der Waals surface area contributed by atoms with Crippen LogP contribution in [0.4, 0.5) is 34.6 Å². The summed E-state index contributed by atoms with van der Waals surface area (Å²) in [4.78, 5) is 8.09. The summed E-state index contributed by atoms with van der Waals surface area (Å²) in [6.07, 6.45) is 21.3. The molecule has 0 bridgehead atoms. The van der Waals surface area contributed by atoms with Crippen LogP contribution in [0.5, 0.6) is 0 Å². The maximum atomic E-state index is 6.49. The number of epoxide rings is 4. The Bertz CT molecular complexity index is 2190. The van der Waals surface area contributed by atoms with Gasteiger partial charge in [-0.3, -0.25) is 14.8 Å². The van der Waals surface area contributed by atoms with E-state index in [0.717, 1.165) is 140 Å². The number of rotatable bonds is 40. The highest BCUT2D eigenvalue weighted by molar-refractivity contribution is 5.76. The van der Waals surface area contributed by atoms with Crippen LogP contribution in [0.3, 0.4) is 0 Å². The number of aryl methyl sites for hydroxylation is 2. The number of anilines is 6. The number of ether oxygens (including phenoxy) is 8. The zero-order valence-corrected chi connectivity index (χ0v) is 45.1. The number of nitrogens with zero attached hydrogens (tertiary/aromatic N) is 4. The molecule has 4 saturated heterocycles. The molecule has 13 nitrogen and oxygen atoms in total. The topological polar surface area (TPSA) is 135 Å². The number of hydrogen-bond donors (Lipinski definition) is 1. The first-order valence-electron chi connectivity index (χ1n) is 28.9. The highest BCUT2D eigenvalue weighted by Crippen LogP contribution is 2.39. The van der Waals surface area contributed by atoms with Crippen LogP contribution in [0.25, 0.3) is 0 Å². The highest BCUT2D eigenvalue weighted by Gasteiger charge is 2.28. The average Bonchev–Trinajstić information content (AvgIpc) is 4.20. The molecule has 0 spiro atoms. The minimum absolute atomic E-state index is 0.0126. The quantitative estimate of drug-likeness (QED) is 0.0296. The maximum absolute atomic E-state index is 6.49. The molecule has 5 heterocycles. The van der Waals surface area contributed by atoms with Crippen molar-refractivity contribution in [2.75, 3.05) is 75.9 Å². The van der Waals surface area contributed by atoms with Gasteiger partial charge < -0.3 is 37.9 Å². The largest absolute Gasteiger partial charge is 0.379 e. The number of aromatic amines is 1. The number of unbranched alkanes of at least 4 members (excludes halogenated alkanes) is 10. The van der Waals surface area contributed by atoms with Gasteiger partial charge in [-0.1, -0.05) is 127 Å². The van der Waals surface area contributed by atoms with Gasteiger partial charge in [0.25, 0.3) is 0 Å². The summed E-state index contributed by atoms with van der Waals surface area (Å²) < 4.78 is 46.1. The molecule has 4 aliphatic rings. The predicted octanol–water partition coefficient (Wildman–Crippen LogP) is 13.9. The van der Waals surface area contributed by atoms with E-state index < -0.39 is 0 Å². The molecule has 406 valence electrons. The lowest BCUT2D eigenvalue weighted by molar-refractivity contribution is 0.0347. The molecular weight excluding hydrogens is 943 g/mol. The molecule has 4 fully saturated rings. The Labute approximate surface area is 447 Å². The monoisotopic (exact) mass is 1030 g/mol.